The van der Waals surface area contributed by atoms with Crippen LogP contribution in [0.15, 0.2) is 16.6 Å². The minimum absolute atomic E-state index is 0.154. The molecule has 126 valence electrons. The van der Waals surface area contributed by atoms with Crippen LogP contribution in [0.25, 0.3) is 0 Å². The SMILES string of the molecule is CC.COc1cc(Br)c(C=O)cc1OCOCC[Si](C)(C)C. The van der Waals surface area contributed by atoms with Crippen LogP contribution in [0, 0.1) is 0 Å². The summed E-state index contributed by atoms with van der Waals surface area (Å²) in [5, 5.41) is 0. The second-order valence-electron chi connectivity index (χ2n) is 5.62. The van der Waals surface area contributed by atoms with Crippen molar-refractivity contribution in [1.82, 2.24) is 0 Å². The van der Waals surface area contributed by atoms with E-state index in [0.29, 0.717) is 28.1 Å². The van der Waals surface area contributed by atoms with E-state index in [1.807, 2.05) is 13.8 Å². The average molecular weight is 391 g/mol. The van der Waals surface area contributed by atoms with Gasteiger partial charge in [-0.05, 0) is 34.1 Å². The lowest BCUT2D eigenvalue weighted by atomic mass is 10.2. The Hall–Kier alpha value is -0.853. The number of carbonyl (C=O) groups is 1. The molecule has 1 aromatic rings. The highest BCUT2D eigenvalue weighted by Crippen LogP contribution is 2.32. The maximum absolute atomic E-state index is 10.9. The van der Waals surface area contributed by atoms with Gasteiger partial charge < -0.3 is 14.2 Å². The van der Waals surface area contributed by atoms with Gasteiger partial charge in [-0.2, -0.15) is 0 Å². The van der Waals surface area contributed by atoms with Crippen LogP contribution < -0.4 is 9.47 Å². The number of benzene rings is 1. The Kier molecular flexibility index (Phi) is 10.4. The monoisotopic (exact) mass is 390 g/mol. The first kappa shape index (κ1) is 21.1. The molecule has 0 aliphatic carbocycles. The Morgan fingerprint density at radius 1 is 1.18 bits per heavy atom. The number of hydrogen-bond donors (Lipinski definition) is 0. The zero-order chi connectivity index (χ0) is 17.2. The van der Waals surface area contributed by atoms with Gasteiger partial charge in [-0.1, -0.05) is 33.5 Å². The molecule has 0 radical (unpaired) electrons. The van der Waals surface area contributed by atoms with Crippen LogP contribution >= 0.6 is 15.9 Å². The summed E-state index contributed by atoms with van der Waals surface area (Å²) >= 11 is 3.30. The first-order valence-electron chi connectivity index (χ1n) is 7.40. The van der Waals surface area contributed by atoms with E-state index >= 15 is 0 Å². The van der Waals surface area contributed by atoms with Gasteiger partial charge in [0.25, 0.3) is 0 Å². The van der Waals surface area contributed by atoms with Gasteiger partial charge in [-0.15, -0.1) is 0 Å². The predicted molar refractivity (Wildman–Crippen MR) is 97.0 cm³/mol. The van der Waals surface area contributed by atoms with Gasteiger partial charge >= 0.3 is 0 Å². The van der Waals surface area contributed by atoms with Crippen molar-refractivity contribution in [3.63, 3.8) is 0 Å². The second-order valence-corrected chi connectivity index (χ2v) is 12.1. The van der Waals surface area contributed by atoms with E-state index in [9.17, 15) is 4.79 Å². The first-order chi connectivity index (χ1) is 10.4. The van der Waals surface area contributed by atoms with Crippen molar-refractivity contribution in [1.29, 1.82) is 0 Å². The maximum Gasteiger partial charge on any atom is 0.189 e. The molecule has 4 nitrogen and oxygen atoms in total. The fourth-order valence-electron chi connectivity index (χ4n) is 1.46. The third-order valence-electron chi connectivity index (χ3n) is 2.70. The van der Waals surface area contributed by atoms with E-state index < -0.39 is 8.07 Å². The van der Waals surface area contributed by atoms with Crippen molar-refractivity contribution in [2.45, 2.75) is 39.5 Å². The molecule has 22 heavy (non-hydrogen) atoms. The minimum Gasteiger partial charge on any atom is -0.493 e. The molecule has 0 aliphatic heterocycles. The Morgan fingerprint density at radius 3 is 2.32 bits per heavy atom. The predicted octanol–water partition coefficient (Wildman–Crippen LogP) is 4.99. The quantitative estimate of drug-likeness (QED) is 0.271. The lowest BCUT2D eigenvalue weighted by Gasteiger charge is -2.16. The van der Waals surface area contributed by atoms with Gasteiger partial charge in [0.2, 0.25) is 0 Å². The summed E-state index contributed by atoms with van der Waals surface area (Å²) in [6.07, 6.45) is 0.766. The van der Waals surface area contributed by atoms with E-state index in [1.54, 1.807) is 19.2 Å². The molecule has 0 aliphatic rings. The topological polar surface area (TPSA) is 44.8 Å². The summed E-state index contributed by atoms with van der Waals surface area (Å²) in [4.78, 5) is 10.9. The van der Waals surface area contributed by atoms with Gasteiger partial charge in [-0.25, -0.2) is 0 Å². The largest absolute Gasteiger partial charge is 0.493 e. The molecule has 0 bridgehead atoms. The molecule has 6 heteroatoms. The minimum atomic E-state index is -1.08. The zero-order valence-corrected chi connectivity index (χ0v) is 17.0. The van der Waals surface area contributed by atoms with Crippen molar-refractivity contribution in [2.75, 3.05) is 20.5 Å². The van der Waals surface area contributed by atoms with Gasteiger partial charge in [0.05, 0.1) is 7.11 Å². The molecular weight excluding hydrogens is 364 g/mol. The Morgan fingerprint density at radius 2 is 1.82 bits per heavy atom. The summed E-state index contributed by atoms with van der Waals surface area (Å²) in [5.41, 5.74) is 0.517. The highest BCUT2D eigenvalue weighted by molar-refractivity contribution is 9.10. The Labute approximate surface area is 143 Å². The van der Waals surface area contributed by atoms with Crippen molar-refractivity contribution in [2.24, 2.45) is 0 Å². The lowest BCUT2D eigenvalue weighted by Crippen LogP contribution is -2.22. The number of hydrogen-bond acceptors (Lipinski definition) is 4. The zero-order valence-electron chi connectivity index (χ0n) is 14.4. The first-order valence-corrected chi connectivity index (χ1v) is 11.9. The van der Waals surface area contributed by atoms with Crippen LogP contribution in [0.4, 0.5) is 0 Å². The fourth-order valence-corrected chi connectivity index (χ4v) is 2.63. The molecule has 0 spiro atoms. The molecule has 0 heterocycles. The van der Waals surface area contributed by atoms with E-state index in [1.165, 1.54) is 0 Å². The highest BCUT2D eigenvalue weighted by atomic mass is 79.9. The third-order valence-corrected chi connectivity index (χ3v) is 5.09. The van der Waals surface area contributed by atoms with Crippen LogP contribution in [0.3, 0.4) is 0 Å². The smallest absolute Gasteiger partial charge is 0.189 e. The fraction of sp³-hybridized carbons (Fsp3) is 0.562. The molecule has 1 rings (SSSR count). The van der Waals surface area contributed by atoms with Crippen LogP contribution in [0.5, 0.6) is 11.5 Å². The molecule has 0 saturated heterocycles. The standard InChI is InChI=1S/C14H21BrO4Si.C2H6/c1-17-13-8-12(15)11(9-16)7-14(13)19-10-18-5-6-20(2,3)4;1-2/h7-9H,5-6,10H2,1-4H3;1-2H3. The number of rotatable bonds is 8. The summed E-state index contributed by atoms with van der Waals surface area (Å²) < 4.78 is 16.9. The summed E-state index contributed by atoms with van der Waals surface area (Å²) in [5.74, 6) is 1.07. The number of aldehydes is 1. The molecule has 0 fully saturated rings. The van der Waals surface area contributed by atoms with E-state index in [4.69, 9.17) is 14.2 Å². The summed E-state index contributed by atoms with van der Waals surface area (Å²) in [6.45, 7) is 11.7. The second kappa shape index (κ2) is 10.8. The van der Waals surface area contributed by atoms with Crippen molar-refractivity contribution in [3.05, 3.63) is 22.2 Å². The average Bonchev–Trinajstić information content (AvgIpc) is 2.48. The summed E-state index contributed by atoms with van der Waals surface area (Å²) in [6, 6.07) is 4.44. The molecular formula is C16H27BrO4Si. The third kappa shape index (κ3) is 7.96. The van der Waals surface area contributed by atoms with Gasteiger partial charge in [0.15, 0.2) is 24.6 Å². The number of ether oxygens (including phenoxy) is 3. The van der Waals surface area contributed by atoms with Gasteiger partial charge in [0, 0.05) is 24.7 Å². The number of carbonyl (C=O) groups excluding carboxylic acids is 1. The summed E-state index contributed by atoms with van der Waals surface area (Å²) in [7, 11) is 0.473. The van der Waals surface area contributed by atoms with Crippen molar-refractivity contribution >= 4 is 30.3 Å². The molecule has 0 saturated carbocycles. The highest BCUT2D eigenvalue weighted by Gasteiger charge is 2.13. The van der Waals surface area contributed by atoms with E-state index in [-0.39, 0.29) is 6.79 Å². The Balaban J connectivity index is 0.00000211. The van der Waals surface area contributed by atoms with E-state index in [0.717, 1.165) is 12.3 Å². The van der Waals surface area contributed by atoms with Gasteiger partial charge in [0.1, 0.15) is 0 Å². The maximum atomic E-state index is 10.9. The molecule has 0 aromatic heterocycles. The normalized spacial score (nSPS) is 10.5. The molecule has 1 aromatic carbocycles. The van der Waals surface area contributed by atoms with Crippen LogP contribution in [-0.2, 0) is 4.74 Å². The van der Waals surface area contributed by atoms with Gasteiger partial charge in [-0.3, -0.25) is 4.79 Å². The van der Waals surface area contributed by atoms with Crippen LogP contribution in [-0.4, -0.2) is 34.9 Å². The van der Waals surface area contributed by atoms with Crippen LogP contribution in [0.2, 0.25) is 25.7 Å². The molecule has 0 atom stereocenters. The van der Waals surface area contributed by atoms with Crippen molar-refractivity contribution < 1.29 is 19.0 Å². The van der Waals surface area contributed by atoms with Crippen molar-refractivity contribution in [3.8, 4) is 11.5 Å². The number of halogens is 1. The number of methoxy groups -OCH3 is 1. The molecule has 0 amide bonds. The molecule has 0 unspecified atom stereocenters. The van der Waals surface area contributed by atoms with E-state index in [2.05, 4.69) is 35.6 Å². The molecule has 0 N–H and O–H groups in total. The lowest BCUT2D eigenvalue weighted by molar-refractivity contribution is 0.0205. The van der Waals surface area contributed by atoms with Crippen LogP contribution in [0.1, 0.15) is 24.2 Å². The Bertz CT molecular complexity index is 458.